The third-order valence-corrected chi connectivity index (χ3v) is 5.44. The van der Waals surface area contributed by atoms with Crippen LogP contribution in [-0.2, 0) is 0 Å². The molecular formula is C15H23N3OS. The van der Waals surface area contributed by atoms with Gasteiger partial charge in [0.1, 0.15) is 0 Å². The topological polar surface area (TPSA) is 36.4 Å². The van der Waals surface area contributed by atoms with E-state index in [4.69, 9.17) is 0 Å². The van der Waals surface area contributed by atoms with Crippen molar-refractivity contribution < 1.29 is 4.79 Å². The first-order valence-electron chi connectivity index (χ1n) is 7.62. The number of hydrogen-bond donors (Lipinski definition) is 0. The molecule has 0 radical (unpaired) electrons. The van der Waals surface area contributed by atoms with Crippen LogP contribution in [-0.4, -0.2) is 40.4 Å². The highest BCUT2D eigenvalue weighted by atomic mass is 32.1. The summed E-state index contributed by atoms with van der Waals surface area (Å²) in [5.41, 5.74) is 1.08. The van der Waals surface area contributed by atoms with Crippen molar-refractivity contribution in [2.24, 2.45) is 0 Å². The number of hydrogen-bond acceptors (Lipinski definition) is 3. The number of urea groups is 1. The van der Waals surface area contributed by atoms with E-state index in [1.165, 1.54) is 12.8 Å². The number of amides is 2. The van der Waals surface area contributed by atoms with E-state index >= 15 is 0 Å². The first kappa shape index (κ1) is 13.9. The summed E-state index contributed by atoms with van der Waals surface area (Å²) >= 11 is 1.68. The largest absolute Gasteiger partial charge is 0.325 e. The van der Waals surface area contributed by atoms with Crippen molar-refractivity contribution in [1.82, 2.24) is 14.8 Å². The SMILES string of the molecule is Cc1nc(C2CCCN2C(=O)N(C)C2CCCC2)cs1. The number of nitrogens with zero attached hydrogens (tertiary/aromatic N) is 3. The van der Waals surface area contributed by atoms with Crippen LogP contribution in [0.5, 0.6) is 0 Å². The second-order valence-corrected chi connectivity index (χ2v) is 7.04. The van der Waals surface area contributed by atoms with Crippen molar-refractivity contribution in [1.29, 1.82) is 0 Å². The highest BCUT2D eigenvalue weighted by Gasteiger charge is 2.35. The van der Waals surface area contributed by atoms with Gasteiger partial charge in [0.05, 0.1) is 16.7 Å². The number of aryl methyl sites for hydroxylation is 1. The normalized spacial score (nSPS) is 23.5. The number of carbonyl (C=O) groups excluding carboxylic acids is 1. The molecule has 1 aliphatic heterocycles. The van der Waals surface area contributed by atoms with Crippen LogP contribution in [0.15, 0.2) is 5.38 Å². The summed E-state index contributed by atoms with van der Waals surface area (Å²) in [7, 11) is 1.97. The van der Waals surface area contributed by atoms with Crippen molar-refractivity contribution in [2.45, 2.75) is 57.5 Å². The van der Waals surface area contributed by atoms with Gasteiger partial charge in [0.2, 0.25) is 0 Å². The van der Waals surface area contributed by atoms with E-state index in [9.17, 15) is 4.79 Å². The Morgan fingerprint density at radius 3 is 2.75 bits per heavy atom. The molecule has 110 valence electrons. The second kappa shape index (κ2) is 5.72. The summed E-state index contributed by atoms with van der Waals surface area (Å²) in [6.07, 6.45) is 6.99. The molecule has 1 unspecified atom stereocenters. The number of rotatable bonds is 2. The number of thiazole rings is 1. The molecular weight excluding hydrogens is 270 g/mol. The maximum Gasteiger partial charge on any atom is 0.320 e. The van der Waals surface area contributed by atoms with Crippen LogP contribution >= 0.6 is 11.3 Å². The van der Waals surface area contributed by atoms with E-state index in [0.717, 1.165) is 42.9 Å². The zero-order chi connectivity index (χ0) is 14.1. The van der Waals surface area contributed by atoms with Crippen LogP contribution in [0.4, 0.5) is 4.79 Å². The summed E-state index contributed by atoms with van der Waals surface area (Å²) in [5, 5.41) is 3.20. The third kappa shape index (κ3) is 2.55. The fraction of sp³-hybridized carbons (Fsp3) is 0.733. The minimum absolute atomic E-state index is 0.191. The summed E-state index contributed by atoms with van der Waals surface area (Å²) < 4.78 is 0. The van der Waals surface area contributed by atoms with Crippen molar-refractivity contribution in [3.8, 4) is 0 Å². The molecule has 0 bridgehead atoms. The van der Waals surface area contributed by atoms with Crippen molar-refractivity contribution in [2.75, 3.05) is 13.6 Å². The molecule has 1 aromatic rings. The molecule has 1 aromatic heterocycles. The van der Waals surface area contributed by atoms with Gasteiger partial charge >= 0.3 is 6.03 Å². The monoisotopic (exact) mass is 293 g/mol. The van der Waals surface area contributed by atoms with E-state index in [0.29, 0.717) is 6.04 Å². The van der Waals surface area contributed by atoms with Gasteiger partial charge in [-0.05, 0) is 32.6 Å². The maximum atomic E-state index is 12.8. The smallest absolute Gasteiger partial charge is 0.320 e. The Balaban J connectivity index is 1.72. The molecule has 2 heterocycles. The number of carbonyl (C=O) groups is 1. The molecule has 2 fully saturated rings. The van der Waals surface area contributed by atoms with E-state index in [1.54, 1.807) is 11.3 Å². The Morgan fingerprint density at radius 2 is 2.10 bits per heavy atom. The summed E-state index contributed by atoms with van der Waals surface area (Å²) in [6, 6.07) is 0.835. The minimum atomic E-state index is 0.191. The Hall–Kier alpha value is -1.10. The van der Waals surface area contributed by atoms with Gasteiger partial charge < -0.3 is 9.80 Å². The lowest BCUT2D eigenvalue weighted by Crippen LogP contribution is -2.44. The molecule has 1 aliphatic carbocycles. The van der Waals surface area contributed by atoms with Gasteiger partial charge in [-0.25, -0.2) is 9.78 Å². The molecule has 20 heavy (non-hydrogen) atoms. The highest BCUT2D eigenvalue weighted by molar-refractivity contribution is 7.09. The highest BCUT2D eigenvalue weighted by Crippen LogP contribution is 2.34. The fourth-order valence-electron chi connectivity index (χ4n) is 3.49. The predicted molar refractivity (Wildman–Crippen MR) is 80.9 cm³/mol. The zero-order valence-electron chi connectivity index (χ0n) is 12.3. The van der Waals surface area contributed by atoms with E-state index in [2.05, 4.69) is 10.4 Å². The minimum Gasteiger partial charge on any atom is -0.325 e. The van der Waals surface area contributed by atoms with E-state index < -0.39 is 0 Å². The summed E-state index contributed by atoms with van der Waals surface area (Å²) in [6.45, 7) is 2.90. The van der Waals surface area contributed by atoms with Gasteiger partial charge in [-0.15, -0.1) is 11.3 Å². The van der Waals surface area contributed by atoms with Crippen molar-refractivity contribution in [3.05, 3.63) is 16.1 Å². The number of aromatic nitrogens is 1. The Labute approximate surface area is 124 Å². The molecule has 0 N–H and O–H groups in total. The Bertz CT molecular complexity index is 481. The molecule has 2 aliphatic rings. The zero-order valence-corrected chi connectivity index (χ0v) is 13.2. The summed E-state index contributed by atoms with van der Waals surface area (Å²) in [5.74, 6) is 0. The van der Waals surface area contributed by atoms with E-state index in [1.807, 2.05) is 23.8 Å². The lowest BCUT2D eigenvalue weighted by atomic mass is 10.1. The van der Waals surface area contributed by atoms with Crippen LogP contribution < -0.4 is 0 Å². The van der Waals surface area contributed by atoms with Gasteiger partial charge in [-0.2, -0.15) is 0 Å². The lowest BCUT2D eigenvalue weighted by molar-refractivity contribution is 0.141. The van der Waals surface area contributed by atoms with Crippen LogP contribution in [0.2, 0.25) is 0 Å². The molecule has 3 rings (SSSR count). The fourth-order valence-corrected chi connectivity index (χ4v) is 4.15. The maximum absolute atomic E-state index is 12.8. The third-order valence-electron chi connectivity index (χ3n) is 4.65. The van der Waals surface area contributed by atoms with Gasteiger partial charge in [0.25, 0.3) is 0 Å². The quantitative estimate of drug-likeness (QED) is 0.835. The first-order chi connectivity index (χ1) is 9.66. The lowest BCUT2D eigenvalue weighted by Gasteiger charge is -2.32. The van der Waals surface area contributed by atoms with Gasteiger partial charge in [0.15, 0.2) is 0 Å². The molecule has 5 heteroatoms. The van der Waals surface area contributed by atoms with Crippen LogP contribution in [0.25, 0.3) is 0 Å². The molecule has 1 saturated carbocycles. The predicted octanol–water partition coefficient (Wildman–Crippen LogP) is 3.58. The van der Waals surface area contributed by atoms with Gasteiger partial charge in [-0.3, -0.25) is 0 Å². The average molecular weight is 293 g/mol. The second-order valence-electron chi connectivity index (χ2n) is 5.97. The van der Waals surface area contributed by atoms with Crippen molar-refractivity contribution >= 4 is 17.4 Å². The van der Waals surface area contributed by atoms with Gasteiger partial charge in [-0.1, -0.05) is 12.8 Å². The van der Waals surface area contributed by atoms with Crippen LogP contribution in [0, 0.1) is 6.92 Å². The molecule has 1 atom stereocenters. The molecule has 0 aromatic carbocycles. The van der Waals surface area contributed by atoms with Crippen molar-refractivity contribution in [3.63, 3.8) is 0 Å². The molecule has 4 nitrogen and oxygen atoms in total. The summed E-state index contributed by atoms with van der Waals surface area (Å²) in [4.78, 5) is 21.3. The molecule has 0 spiro atoms. The van der Waals surface area contributed by atoms with Gasteiger partial charge in [0, 0.05) is 25.0 Å². The average Bonchev–Trinajstić information content (AvgIpc) is 3.17. The van der Waals surface area contributed by atoms with Crippen LogP contribution in [0.1, 0.15) is 55.3 Å². The van der Waals surface area contributed by atoms with E-state index in [-0.39, 0.29) is 12.1 Å². The first-order valence-corrected chi connectivity index (χ1v) is 8.50. The Kier molecular flexibility index (Phi) is 3.96. The molecule has 1 saturated heterocycles. The number of likely N-dealkylation sites (tertiary alicyclic amines) is 1. The Morgan fingerprint density at radius 1 is 1.35 bits per heavy atom. The standard InChI is InChI=1S/C15H23N3OS/c1-11-16-13(10-20-11)14-8-5-9-18(14)15(19)17(2)12-6-3-4-7-12/h10,12,14H,3-9H2,1-2H3. The molecule has 2 amide bonds. The van der Waals surface area contributed by atoms with Crippen LogP contribution in [0.3, 0.4) is 0 Å².